The topological polar surface area (TPSA) is 3.24 Å². The molecular weight excluding hydrogens is 771 g/mol. The normalized spacial score (nSPS) is 17.5. The molecule has 0 fully saturated rings. The largest absolute Gasteiger partial charge is 0.311 e. The molecule has 0 amide bonds. The minimum absolute atomic E-state index is 0.155. The highest BCUT2D eigenvalue weighted by Gasteiger charge is 2.47. The third-order valence-corrected chi connectivity index (χ3v) is 12.7. The highest BCUT2D eigenvalue weighted by molar-refractivity contribution is 6.10. The van der Waals surface area contributed by atoms with Crippen molar-refractivity contribution in [3.63, 3.8) is 0 Å². The third kappa shape index (κ3) is 7.12. The smallest absolute Gasteiger partial charge is 0.0677 e. The summed E-state index contributed by atoms with van der Waals surface area (Å²) >= 11 is 0. The second-order valence-electron chi connectivity index (χ2n) is 16.2. The Labute approximate surface area is 383 Å². The molecule has 1 unspecified atom stereocenters. The highest BCUT2D eigenvalue weighted by atomic mass is 15.1. The van der Waals surface area contributed by atoms with Crippen LogP contribution in [0, 0.1) is 0 Å². The summed E-state index contributed by atoms with van der Waals surface area (Å²) in [5.74, 6) is 0. The van der Waals surface area contributed by atoms with Gasteiger partial charge in [-0.15, -0.1) is 0 Å². The van der Waals surface area contributed by atoms with Gasteiger partial charge in [0.2, 0.25) is 0 Å². The van der Waals surface area contributed by atoms with Crippen molar-refractivity contribution in [2.75, 3.05) is 4.90 Å². The summed E-state index contributed by atoms with van der Waals surface area (Å²) in [6.45, 7) is 6.63. The molecule has 0 saturated carbocycles. The summed E-state index contributed by atoms with van der Waals surface area (Å²) in [7, 11) is 0. The van der Waals surface area contributed by atoms with Crippen LogP contribution in [0.4, 0.5) is 5.69 Å². The number of benzene rings is 8. The lowest BCUT2D eigenvalue weighted by Crippen LogP contribution is -2.30. The van der Waals surface area contributed by atoms with E-state index in [2.05, 4.69) is 158 Å². The van der Waals surface area contributed by atoms with Gasteiger partial charge in [-0.05, 0) is 126 Å². The van der Waals surface area contributed by atoms with Crippen molar-refractivity contribution < 1.29 is 5.48 Å². The van der Waals surface area contributed by atoms with Crippen LogP contribution in [0.15, 0.2) is 267 Å². The average Bonchev–Trinajstić information content (AvgIpc) is 3.70. The van der Waals surface area contributed by atoms with Gasteiger partial charge in [-0.2, -0.15) is 0 Å². The van der Waals surface area contributed by atoms with E-state index >= 15 is 0 Å². The van der Waals surface area contributed by atoms with Crippen LogP contribution < -0.4 is 4.90 Å². The zero-order valence-corrected chi connectivity index (χ0v) is 35.6. The number of fused-ring (bicyclic) bond motifs is 6. The molecule has 0 saturated heterocycles. The van der Waals surface area contributed by atoms with Gasteiger partial charge in [-0.25, -0.2) is 0 Å². The van der Waals surface area contributed by atoms with Gasteiger partial charge >= 0.3 is 0 Å². The Kier molecular flexibility index (Phi) is 9.67. The van der Waals surface area contributed by atoms with Gasteiger partial charge in [0.1, 0.15) is 0 Å². The van der Waals surface area contributed by atoms with Crippen molar-refractivity contribution in [1.82, 2.24) is 0 Å². The number of nitrogens with zero attached hydrogens (tertiary/aromatic N) is 1. The predicted octanol–water partition coefficient (Wildman–Crippen LogP) is 16.6. The maximum Gasteiger partial charge on any atom is 0.0677 e. The van der Waals surface area contributed by atoms with Crippen LogP contribution in [0.2, 0.25) is 0 Å². The molecule has 0 heterocycles. The van der Waals surface area contributed by atoms with Gasteiger partial charge < -0.3 is 4.90 Å². The van der Waals surface area contributed by atoms with Crippen LogP contribution in [0.1, 0.15) is 46.1 Å². The van der Waals surface area contributed by atoms with Gasteiger partial charge in [0.05, 0.1) is 10.9 Å². The van der Waals surface area contributed by atoms with Gasteiger partial charge in [0.15, 0.2) is 0 Å². The fraction of sp³-hybridized carbons (Fsp3) is 0.0476. The van der Waals surface area contributed by atoms with E-state index in [1.807, 2.05) is 71.6 Å². The van der Waals surface area contributed by atoms with Crippen molar-refractivity contribution in [2.24, 2.45) is 0 Å². The molecule has 0 radical (unpaired) electrons. The molecule has 10 rings (SSSR count). The Morgan fingerprint density at radius 3 is 2.12 bits per heavy atom. The molecule has 0 aromatic heterocycles. The van der Waals surface area contributed by atoms with Gasteiger partial charge in [0, 0.05) is 17.1 Å². The van der Waals surface area contributed by atoms with E-state index in [1.165, 1.54) is 21.9 Å². The lowest BCUT2D eigenvalue weighted by atomic mass is 9.65. The molecule has 0 N–H and O–H groups in total. The molecule has 0 bridgehead atoms. The predicted molar refractivity (Wildman–Crippen MR) is 275 cm³/mol. The Morgan fingerprint density at radius 2 is 1.34 bits per heavy atom. The lowest BCUT2D eigenvalue weighted by Gasteiger charge is -2.37. The molecule has 2 aliphatic carbocycles. The summed E-state index contributed by atoms with van der Waals surface area (Å²) in [6.07, 6.45) is 16.3. The minimum atomic E-state index is -0.623. The molecule has 1 atom stereocenters. The maximum atomic E-state index is 9.89. The molecule has 2 aliphatic rings. The highest BCUT2D eigenvalue weighted by Crippen LogP contribution is 2.58. The molecule has 1 nitrogen and oxygen atoms in total. The molecule has 0 aliphatic heterocycles. The molecule has 1 heteroatoms. The summed E-state index contributed by atoms with van der Waals surface area (Å²) in [5, 5.41) is 4.63. The number of anilines is 1. The second-order valence-corrected chi connectivity index (χ2v) is 16.2. The van der Waals surface area contributed by atoms with Gasteiger partial charge in [-0.1, -0.05) is 225 Å². The first-order chi connectivity index (χ1) is 33.5. The van der Waals surface area contributed by atoms with Crippen molar-refractivity contribution in [1.29, 1.82) is 0 Å². The summed E-state index contributed by atoms with van der Waals surface area (Å²) in [6, 6.07) is 62.1. The Morgan fingerprint density at radius 1 is 0.641 bits per heavy atom. The van der Waals surface area contributed by atoms with Crippen LogP contribution in [-0.2, 0) is 5.41 Å². The van der Waals surface area contributed by atoms with Gasteiger partial charge in [-0.3, -0.25) is 0 Å². The standard InChI is InChI=1S/C63H49N/c1-4-52(31-22-26-49-43-48-25-14-15-34-56(48)58-36-19-18-35-57(49)58)64(46(3)40-39-45(2)54-32-16-17-33-55(54)47-23-8-5-9-24-47)53-41-42-60-59-37-20-21-38-61(59)63(62(60)44-53,50-27-10-6-11-28-50)51-29-12-7-13-30-51/h4-12,14-29,31-44H,1-3,13,30H2/b26-22+,40-39-,52-31+/i2D,3D,39D,40D/b26-22+,40-39-,45-2?,46-3?,52-31+. The monoisotopic (exact) mass is 823 g/mol. The minimum Gasteiger partial charge on any atom is -0.311 e. The number of rotatable bonds is 12. The third-order valence-electron chi connectivity index (χ3n) is 12.7. The summed E-state index contributed by atoms with van der Waals surface area (Å²) in [5.41, 5.74) is 11.6. The first-order valence-electron chi connectivity index (χ1n) is 24.0. The SMILES string of the molecule is [2H]C=C(/C([2H])=C(/[2H])C(=C[2H])N(/C(C=C)=C/C=C/c1cc2ccccc2c2ccccc12)c1ccc2c(c1)C(C1=CC=CCC1)(c1ccccc1)c1ccccc1-2)c1ccccc1-c1ccccc1. The van der Waals surface area contributed by atoms with Crippen LogP contribution in [0.5, 0.6) is 0 Å². The molecule has 306 valence electrons. The van der Waals surface area contributed by atoms with Crippen molar-refractivity contribution in [2.45, 2.75) is 18.3 Å². The van der Waals surface area contributed by atoms with E-state index in [0.717, 1.165) is 75.7 Å². The van der Waals surface area contributed by atoms with E-state index in [9.17, 15) is 2.74 Å². The molecule has 8 aromatic rings. The van der Waals surface area contributed by atoms with Gasteiger partial charge in [0.25, 0.3) is 0 Å². The van der Waals surface area contributed by atoms with Crippen molar-refractivity contribution in [3.05, 3.63) is 295 Å². The molecular formula is C63H49N. The number of allylic oxidation sites excluding steroid dienone is 10. The first kappa shape index (κ1) is 35.6. The van der Waals surface area contributed by atoms with E-state index in [0.29, 0.717) is 16.9 Å². The average molecular weight is 824 g/mol. The van der Waals surface area contributed by atoms with Crippen molar-refractivity contribution >= 4 is 38.9 Å². The molecule has 64 heavy (non-hydrogen) atoms. The van der Waals surface area contributed by atoms with E-state index < -0.39 is 5.41 Å². The Hall–Kier alpha value is -8.00. The van der Waals surface area contributed by atoms with E-state index in [-0.39, 0.29) is 23.4 Å². The van der Waals surface area contributed by atoms with E-state index in [4.69, 9.17) is 2.74 Å². The number of hydrogen-bond donors (Lipinski definition) is 0. The van der Waals surface area contributed by atoms with Crippen LogP contribution in [0.25, 0.3) is 55.4 Å². The lowest BCUT2D eigenvalue weighted by molar-refractivity contribution is 0.693. The van der Waals surface area contributed by atoms with Crippen molar-refractivity contribution in [3.8, 4) is 22.3 Å². The maximum absolute atomic E-state index is 9.89. The Balaban J connectivity index is 1.18. The number of hydrogen-bond acceptors (Lipinski definition) is 1. The molecule has 0 spiro atoms. The fourth-order valence-corrected chi connectivity index (χ4v) is 9.83. The second kappa shape index (κ2) is 17.4. The zero-order valence-electron chi connectivity index (χ0n) is 39.6. The quantitative estimate of drug-likeness (QED) is 0.0876. The van der Waals surface area contributed by atoms with E-state index in [1.54, 1.807) is 6.08 Å². The first-order valence-corrected chi connectivity index (χ1v) is 21.9. The van der Waals surface area contributed by atoms with Crippen LogP contribution in [-0.4, -0.2) is 0 Å². The van der Waals surface area contributed by atoms with Crippen LogP contribution in [0.3, 0.4) is 0 Å². The molecule has 8 aromatic carbocycles. The zero-order chi connectivity index (χ0) is 46.6. The summed E-state index contributed by atoms with van der Waals surface area (Å²) in [4.78, 5) is 1.87. The van der Waals surface area contributed by atoms with Crippen LogP contribution >= 0.6 is 0 Å². The fourth-order valence-electron chi connectivity index (χ4n) is 9.83. The Bertz CT molecular complexity index is 3460. The summed E-state index contributed by atoms with van der Waals surface area (Å²) < 4.78 is 37.4.